The smallest absolute Gasteiger partial charge is 0.243 e. The third-order valence-corrected chi connectivity index (χ3v) is 7.35. The van der Waals surface area contributed by atoms with Crippen molar-refractivity contribution in [1.82, 2.24) is 9.21 Å². The minimum atomic E-state index is -3.62. The molecule has 2 unspecified atom stereocenters. The molecule has 0 aromatic heterocycles. The van der Waals surface area contributed by atoms with Gasteiger partial charge in [0.2, 0.25) is 15.9 Å². The number of piperidine rings is 1. The molecule has 0 spiro atoms. The number of ether oxygens (including phenoxy) is 1. The summed E-state index contributed by atoms with van der Waals surface area (Å²) in [7, 11) is -3.62. The molecule has 3 rings (SSSR count). The van der Waals surface area contributed by atoms with Crippen molar-refractivity contribution in [2.45, 2.75) is 50.7 Å². The van der Waals surface area contributed by atoms with Gasteiger partial charge in [0.15, 0.2) is 5.78 Å². The number of sulfonamides is 1. The number of Topliss-reactive ketones (excluding diaryl/α,β-unsaturated/α-hetero) is 1. The second kappa shape index (κ2) is 8.31. The number of morpholine rings is 1. The summed E-state index contributed by atoms with van der Waals surface area (Å²) in [5.74, 6) is -0.149. The molecule has 7 nitrogen and oxygen atoms in total. The van der Waals surface area contributed by atoms with Crippen LogP contribution < -0.4 is 0 Å². The molecule has 0 aliphatic carbocycles. The molecule has 2 fully saturated rings. The largest absolute Gasteiger partial charge is 0.372 e. The zero-order valence-electron chi connectivity index (χ0n) is 16.6. The molecule has 28 heavy (non-hydrogen) atoms. The van der Waals surface area contributed by atoms with Crippen molar-refractivity contribution in [2.24, 2.45) is 5.92 Å². The number of hydrogen-bond acceptors (Lipinski definition) is 5. The summed E-state index contributed by atoms with van der Waals surface area (Å²) in [6.45, 7) is 7.19. The molecule has 1 amide bonds. The minimum Gasteiger partial charge on any atom is -0.372 e. The Morgan fingerprint density at radius 3 is 2.04 bits per heavy atom. The van der Waals surface area contributed by atoms with E-state index >= 15 is 0 Å². The fourth-order valence-corrected chi connectivity index (χ4v) is 5.44. The zero-order valence-corrected chi connectivity index (χ0v) is 17.4. The van der Waals surface area contributed by atoms with Crippen LogP contribution in [0.2, 0.25) is 0 Å². The summed E-state index contributed by atoms with van der Waals surface area (Å²) < 4.78 is 32.8. The molecule has 1 aromatic carbocycles. The van der Waals surface area contributed by atoms with Gasteiger partial charge in [0, 0.05) is 37.7 Å². The molecule has 0 radical (unpaired) electrons. The number of hydrogen-bond donors (Lipinski definition) is 0. The average molecular weight is 409 g/mol. The molecule has 8 heteroatoms. The summed E-state index contributed by atoms with van der Waals surface area (Å²) >= 11 is 0. The molecule has 1 aromatic rings. The number of ketones is 1. The van der Waals surface area contributed by atoms with Gasteiger partial charge in [-0.3, -0.25) is 9.59 Å². The molecule has 2 atom stereocenters. The number of amides is 1. The Bertz CT molecular complexity index is 819. The second-order valence-electron chi connectivity index (χ2n) is 7.76. The van der Waals surface area contributed by atoms with Crippen molar-refractivity contribution in [3.8, 4) is 0 Å². The molecule has 0 saturated carbocycles. The van der Waals surface area contributed by atoms with Gasteiger partial charge < -0.3 is 9.64 Å². The highest BCUT2D eigenvalue weighted by Crippen LogP contribution is 2.26. The summed E-state index contributed by atoms with van der Waals surface area (Å²) in [4.78, 5) is 26.3. The third kappa shape index (κ3) is 4.45. The van der Waals surface area contributed by atoms with Gasteiger partial charge in [0.1, 0.15) is 0 Å². The summed E-state index contributed by atoms with van der Waals surface area (Å²) in [6, 6.07) is 6.01. The van der Waals surface area contributed by atoms with Crippen LogP contribution >= 0.6 is 0 Å². The van der Waals surface area contributed by atoms with Crippen molar-refractivity contribution >= 4 is 21.7 Å². The van der Waals surface area contributed by atoms with Crippen LogP contribution in [0.15, 0.2) is 29.2 Å². The van der Waals surface area contributed by atoms with Crippen molar-refractivity contribution < 1.29 is 22.7 Å². The molecular formula is C20H28N2O5S. The molecule has 0 bridgehead atoms. The molecule has 2 saturated heterocycles. The zero-order chi connectivity index (χ0) is 20.5. The Morgan fingerprint density at radius 2 is 1.54 bits per heavy atom. The van der Waals surface area contributed by atoms with Crippen molar-refractivity contribution in [3.05, 3.63) is 29.8 Å². The van der Waals surface area contributed by atoms with E-state index in [0.717, 1.165) is 0 Å². The van der Waals surface area contributed by atoms with E-state index in [9.17, 15) is 18.0 Å². The molecule has 2 aliphatic rings. The number of carbonyl (C=O) groups is 2. The van der Waals surface area contributed by atoms with E-state index in [1.54, 1.807) is 0 Å². The van der Waals surface area contributed by atoms with Crippen LogP contribution in [0.5, 0.6) is 0 Å². The molecular weight excluding hydrogens is 380 g/mol. The van der Waals surface area contributed by atoms with Gasteiger partial charge in [0.25, 0.3) is 0 Å². The van der Waals surface area contributed by atoms with E-state index in [4.69, 9.17) is 4.74 Å². The SMILES string of the molecule is CC(=O)c1ccc(S(=O)(=O)N2CCC(C(=O)N3CC(C)OC(C)C3)CC2)cc1. The number of benzene rings is 1. The van der Waals surface area contributed by atoms with Crippen LogP contribution in [0.4, 0.5) is 0 Å². The quantitative estimate of drug-likeness (QED) is 0.711. The first-order valence-corrected chi connectivity index (χ1v) is 11.2. The Labute approximate surface area is 166 Å². The van der Waals surface area contributed by atoms with E-state index in [1.807, 2.05) is 18.7 Å². The van der Waals surface area contributed by atoms with E-state index in [1.165, 1.54) is 35.5 Å². The number of rotatable bonds is 4. The Hall–Kier alpha value is -1.77. The summed E-state index contributed by atoms with van der Waals surface area (Å²) in [6.07, 6.45) is 1.07. The Balaban J connectivity index is 1.62. The van der Waals surface area contributed by atoms with Gasteiger partial charge in [-0.2, -0.15) is 4.31 Å². The van der Waals surface area contributed by atoms with Gasteiger partial charge >= 0.3 is 0 Å². The highest BCUT2D eigenvalue weighted by atomic mass is 32.2. The van der Waals surface area contributed by atoms with Gasteiger partial charge in [-0.25, -0.2) is 8.42 Å². The van der Waals surface area contributed by atoms with Gasteiger partial charge in [-0.1, -0.05) is 12.1 Å². The standard InChI is InChI=1S/C20H28N2O5S/c1-14-12-21(13-15(2)27-14)20(24)18-8-10-22(11-9-18)28(25,26)19-6-4-17(5-7-19)16(3)23/h4-7,14-15,18H,8-13H2,1-3H3. The van der Waals surface area contributed by atoms with Crippen molar-refractivity contribution in [2.75, 3.05) is 26.2 Å². The fourth-order valence-electron chi connectivity index (χ4n) is 3.97. The lowest BCUT2D eigenvalue weighted by Crippen LogP contribution is -2.51. The molecule has 154 valence electrons. The van der Waals surface area contributed by atoms with Crippen LogP contribution in [0.3, 0.4) is 0 Å². The second-order valence-corrected chi connectivity index (χ2v) is 9.70. The molecule has 2 aliphatic heterocycles. The third-order valence-electron chi connectivity index (χ3n) is 5.43. The lowest BCUT2D eigenvalue weighted by atomic mass is 9.96. The van der Waals surface area contributed by atoms with Crippen molar-refractivity contribution in [3.63, 3.8) is 0 Å². The van der Waals surface area contributed by atoms with Crippen LogP contribution in [0.1, 0.15) is 44.0 Å². The summed E-state index contributed by atoms with van der Waals surface area (Å²) in [5.41, 5.74) is 0.484. The first-order valence-electron chi connectivity index (χ1n) is 9.74. The van der Waals surface area contributed by atoms with Gasteiger partial charge in [-0.05, 0) is 45.7 Å². The molecule has 2 heterocycles. The van der Waals surface area contributed by atoms with E-state index in [2.05, 4.69) is 0 Å². The first kappa shape index (κ1) is 21.0. The maximum Gasteiger partial charge on any atom is 0.243 e. The predicted molar refractivity (Wildman–Crippen MR) is 105 cm³/mol. The minimum absolute atomic E-state index is 0.0196. The van der Waals surface area contributed by atoms with Crippen LogP contribution in [0.25, 0.3) is 0 Å². The van der Waals surface area contributed by atoms with Crippen LogP contribution in [-0.2, 0) is 19.6 Å². The van der Waals surface area contributed by atoms with Crippen LogP contribution in [-0.4, -0.2) is 67.7 Å². The average Bonchev–Trinajstić information content (AvgIpc) is 2.67. The normalized spacial score (nSPS) is 24.9. The number of nitrogens with zero attached hydrogens (tertiary/aromatic N) is 2. The monoisotopic (exact) mass is 408 g/mol. The maximum absolute atomic E-state index is 12.9. The highest BCUT2D eigenvalue weighted by molar-refractivity contribution is 7.89. The number of carbonyl (C=O) groups excluding carboxylic acids is 2. The first-order chi connectivity index (χ1) is 13.2. The van der Waals surface area contributed by atoms with Gasteiger partial charge in [0.05, 0.1) is 17.1 Å². The topological polar surface area (TPSA) is 84.0 Å². The lowest BCUT2D eigenvalue weighted by Gasteiger charge is -2.39. The Kier molecular flexibility index (Phi) is 6.21. The maximum atomic E-state index is 12.9. The van der Waals surface area contributed by atoms with E-state index in [-0.39, 0.29) is 34.7 Å². The molecule has 0 N–H and O–H groups in total. The van der Waals surface area contributed by atoms with E-state index < -0.39 is 10.0 Å². The van der Waals surface area contributed by atoms with Gasteiger partial charge in [-0.15, -0.1) is 0 Å². The fraction of sp³-hybridized carbons (Fsp3) is 0.600. The lowest BCUT2D eigenvalue weighted by molar-refractivity contribution is -0.148. The summed E-state index contributed by atoms with van der Waals surface area (Å²) in [5, 5.41) is 0. The van der Waals surface area contributed by atoms with Crippen molar-refractivity contribution in [1.29, 1.82) is 0 Å². The predicted octanol–water partition coefficient (Wildman–Crippen LogP) is 1.93. The van der Waals surface area contributed by atoms with E-state index in [0.29, 0.717) is 44.6 Å². The Morgan fingerprint density at radius 1 is 1.00 bits per heavy atom. The highest BCUT2D eigenvalue weighted by Gasteiger charge is 2.35. The van der Waals surface area contributed by atoms with Crippen LogP contribution in [0, 0.1) is 5.92 Å².